The largest absolute Gasteiger partial charge is 0.327 e. The standard InChI is InChI=1S/C9H15N3/c1-3-8(7-10)6-9-4-5-11-12(9)2/h4-6H,3,7,10H2,1-2H3. The van der Waals surface area contributed by atoms with Crippen LogP contribution in [0.25, 0.3) is 6.08 Å². The summed E-state index contributed by atoms with van der Waals surface area (Å²) >= 11 is 0. The van der Waals surface area contributed by atoms with Gasteiger partial charge >= 0.3 is 0 Å². The van der Waals surface area contributed by atoms with Crippen molar-refractivity contribution in [1.29, 1.82) is 0 Å². The van der Waals surface area contributed by atoms with E-state index in [0.717, 1.165) is 12.1 Å². The molecule has 1 aromatic rings. The topological polar surface area (TPSA) is 43.8 Å². The van der Waals surface area contributed by atoms with Gasteiger partial charge in [-0.2, -0.15) is 5.10 Å². The van der Waals surface area contributed by atoms with Crippen molar-refractivity contribution in [2.75, 3.05) is 6.54 Å². The van der Waals surface area contributed by atoms with E-state index in [2.05, 4.69) is 18.1 Å². The Balaban J connectivity index is 2.85. The van der Waals surface area contributed by atoms with Crippen molar-refractivity contribution in [3.05, 3.63) is 23.5 Å². The predicted octanol–water partition coefficient (Wildman–Crippen LogP) is 1.17. The molecule has 0 aliphatic heterocycles. The molecule has 2 N–H and O–H groups in total. The molecule has 0 atom stereocenters. The van der Waals surface area contributed by atoms with Gasteiger partial charge in [0.15, 0.2) is 0 Å². The highest BCUT2D eigenvalue weighted by molar-refractivity contribution is 5.49. The second-order valence-corrected chi connectivity index (χ2v) is 2.74. The van der Waals surface area contributed by atoms with E-state index in [4.69, 9.17) is 5.73 Å². The van der Waals surface area contributed by atoms with Gasteiger partial charge in [0.2, 0.25) is 0 Å². The van der Waals surface area contributed by atoms with Gasteiger partial charge in [-0.15, -0.1) is 0 Å². The third-order valence-electron chi connectivity index (χ3n) is 1.93. The SMILES string of the molecule is CCC(=Cc1ccnn1C)CN. The van der Waals surface area contributed by atoms with Crippen molar-refractivity contribution in [2.24, 2.45) is 12.8 Å². The minimum atomic E-state index is 0.627. The average Bonchev–Trinajstić information content (AvgIpc) is 2.47. The lowest BCUT2D eigenvalue weighted by molar-refractivity contribution is 0.758. The van der Waals surface area contributed by atoms with Gasteiger partial charge in [-0.3, -0.25) is 4.68 Å². The minimum absolute atomic E-state index is 0.627. The zero-order valence-electron chi connectivity index (χ0n) is 7.62. The van der Waals surface area contributed by atoms with E-state index in [1.165, 1.54) is 5.57 Å². The highest BCUT2D eigenvalue weighted by Gasteiger charge is 1.95. The molecule has 0 saturated carbocycles. The van der Waals surface area contributed by atoms with E-state index in [0.29, 0.717) is 6.54 Å². The fourth-order valence-corrected chi connectivity index (χ4v) is 1.04. The Bertz CT molecular complexity index is 267. The number of aromatic nitrogens is 2. The molecule has 0 aliphatic rings. The lowest BCUT2D eigenvalue weighted by atomic mass is 10.2. The highest BCUT2D eigenvalue weighted by atomic mass is 15.2. The summed E-state index contributed by atoms with van der Waals surface area (Å²) in [5.41, 5.74) is 7.91. The van der Waals surface area contributed by atoms with E-state index in [1.54, 1.807) is 6.20 Å². The third kappa shape index (κ3) is 1.95. The third-order valence-corrected chi connectivity index (χ3v) is 1.93. The Morgan fingerprint density at radius 3 is 2.92 bits per heavy atom. The van der Waals surface area contributed by atoms with Crippen LogP contribution in [-0.4, -0.2) is 16.3 Å². The molecule has 1 aromatic heterocycles. The summed E-state index contributed by atoms with van der Waals surface area (Å²) in [6.45, 7) is 2.73. The van der Waals surface area contributed by atoms with Crippen LogP contribution in [0.15, 0.2) is 17.8 Å². The fraction of sp³-hybridized carbons (Fsp3) is 0.444. The van der Waals surface area contributed by atoms with Crippen molar-refractivity contribution in [2.45, 2.75) is 13.3 Å². The Morgan fingerprint density at radius 2 is 2.50 bits per heavy atom. The quantitative estimate of drug-likeness (QED) is 0.730. The van der Waals surface area contributed by atoms with E-state index >= 15 is 0 Å². The van der Waals surface area contributed by atoms with Crippen LogP contribution >= 0.6 is 0 Å². The lowest BCUT2D eigenvalue weighted by Gasteiger charge is -2.00. The van der Waals surface area contributed by atoms with Gasteiger partial charge in [-0.1, -0.05) is 12.5 Å². The molecule has 1 heterocycles. The number of hydrogen-bond acceptors (Lipinski definition) is 2. The molecular weight excluding hydrogens is 150 g/mol. The van der Waals surface area contributed by atoms with Gasteiger partial charge in [0, 0.05) is 19.8 Å². The number of aryl methyl sites for hydroxylation is 1. The maximum atomic E-state index is 5.55. The number of nitrogens with two attached hydrogens (primary N) is 1. The van der Waals surface area contributed by atoms with Gasteiger partial charge in [0.05, 0.1) is 5.69 Å². The van der Waals surface area contributed by atoms with Gasteiger partial charge < -0.3 is 5.73 Å². The normalized spacial score (nSPS) is 12.1. The molecule has 0 amide bonds. The van der Waals surface area contributed by atoms with Crippen molar-refractivity contribution >= 4 is 6.08 Å². The summed E-state index contributed by atoms with van der Waals surface area (Å²) in [6, 6.07) is 1.98. The van der Waals surface area contributed by atoms with Crippen LogP contribution in [0.5, 0.6) is 0 Å². The summed E-state index contributed by atoms with van der Waals surface area (Å²) < 4.78 is 1.84. The molecule has 0 bridgehead atoms. The first kappa shape index (κ1) is 9.00. The maximum absolute atomic E-state index is 5.55. The highest BCUT2D eigenvalue weighted by Crippen LogP contribution is 2.06. The zero-order chi connectivity index (χ0) is 8.97. The summed E-state index contributed by atoms with van der Waals surface area (Å²) in [4.78, 5) is 0. The van der Waals surface area contributed by atoms with Crippen molar-refractivity contribution in [3.63, 3.8) is 0 Å². The monoisotopic (exact) mass is 165 g/mol. The first-order chi connectivity index (χ1) is 5.77. The second-order valence-electron chi connectivity index (χ2n) is 2.74. The molecule has 0 unspecified atom stereocenters. The Kier molecular flexibility index (Phi) is 3.05. The molecule has 0 radical (unpaired) electrons. The van der Waals surface area contributed by atoms with E-state index in [9.17, 15) is 0 Å². The van der Waals surface area contributed by atoms with Crippen LogP contribution in [0.3, 0.4) is 0 Å². The van der Waals surface area contributed by atoms with Gasteiger partial charge in [0.25, 0.3) is 0 Å². The Morgan fingerprint density at radius 1 is 1.75 bits per heavy atom. The summed E-state index contributed by atoms with van der Waals surface area (Å²) in [7, 11) is 1.93. The van der Waals surface area contributed by atoms with Gasteiger partial charge in [-0.05, 0) is 18.6 Å². The average molecular weight is 165 g/mol. The van der Waals surface area contributed by atoms with Crippen molar-refractivity contribution in [1.82, 2.24) is 9.78 Å². The first-order valence-electron chi connectivity index (χ1n) is 4.15. The second kappa shape index (κ2) is 4.07. The minimum Gasteiger partial charge on any atom is -0.327 e. The molecule has 1 rings (SSSR count). The molecule has 3 heteroatoms. The van der Waals surface area contributed by atoms with Crippen LogP contribution in [-0.2, 0) is 7.05 Å². The predicted molar refractivity (Wildman–Crippen MR) is 50.5 cm³/mol. The number of rotatable bonds is 3. The first-order valence-corrected chi connectivity index (χ1v) is 4.15. The number of hydrogen-bond donors (Lipinski definition) is 1. The molecule has 3 nitrogen and oxygen atoms in total. The van der Waals surface area contributed by atoms with Crippen LogP contribution in [0.4, 0.5) is 0 Å². The zero-order valence-corrected chi connectivity index (χ0v) is 7.62. The molecule has 0 spiro atoms. The van der Waals surface area contributed by atoms with E-state index in [1.807, 2.05) is 17.8 Å². The van der Waals surface area contributed by atoms with Crippen molar-refractivity contribution in [3.8, 4) is 0 Å². The van der Waals surface area contributed by atoms with Crippen LogP contribution in [0.2, 0.25) is 0 Å². The molecule has 0 fully saturated rings. The summed E-state index contributed by atoms with van der Waals surface area (Å²) in [5, 5.41) is 4.07. The van der Waals surface area contributed by atoms with Gasteiger partial charge in [0.1, 0.15) is 0 Å². The van der Waals surface area contributed by atoms with Crippen LogP contribution in [0.1, 0.15) is 19.0 Å². The fourth-order valence-electron chi connectivity index (χ4n) is 1.04. The van der Waals surface area contributed by atoms with E-state index in [-0.39, 0.29) is 0 Å². The maximum Gasteiger partial charge on any atom is 0.0606 e. The van der Waals surface area contributed by atoms with Crippen LogP contribution in [0, 0.1) is 0 Å². The Labute approximate surface area is 72.9 Å². The molecular formula is C9H15N3. The Hall–Kier alpha value is -1.09. The lowest BCUT2D eigenvalue weighted by Crippen LogP contribution is -2.03. The van der Waals surface area contributed by atoms with Crippen molar-refractivity contribution < 1.29 is 0 Å². The summed E-state index contributed by atoms with van der Waals surface area (Å²) in [5.74, 6) is 0. The van der Waals surface area contributed by atoms with E-state index < -0.39 is 0 Å². The molecule has 12 heavy (non-hydrogen) atoms. The summed E-state index contributed by atoms with van der Waals surface area (Å²) in [6.07, 6.45) is 4.88. The molecule has 0 aromatic carbocycles. The molecule has 0 saturated heterocycles. The van der Waals surface area contributed by atoms with Crippen LogP contribution < -0.4 is 5.73 Å². The van der Waals surface area contributed by atoms with Gasteiger partial charge in [-0.25, -0.2) is 0 Å². The number of nitrogens with zero attached hydrogens (tertiary/aromatic N) is 2. The smallest absolute Gasteiger partial charge is 0.0606 e. The molecule has 0 aliphatic carbocycles. The molecule has 66 valence electrons.